The van der Waals surface area contributed by atoms with E-state index in [1.54, 1.807) is 18.3 Å². The van der Waals surface area contributed by atoms with Crippen LogP contribution in [0.5, 0.6) is 0 Å². The van der Waals surface area contributed by atoms with Crippen LogP contribution in [0.1, 0.15) is 51.3 Å². The number of carbonyl (C=O) groups is 1. The smallest absolute Gasteiger partial charge is 0.218 e. The van der Waals surface area contributed by atoms with Crippen molar-refractivity contribution in [2.45, 2.75) is 40.2 Å². The number of hydrogen-bond donors (Lipinski definition) is 3. The molecule has 3 aromatic rings. The zero-order valence-corrected chi connectivity index (χ0v) is 19.2. The number of nitrogens with zero attached hydrogens (tertiary/aromatic N) is 3. The molecule has 3 rings (SSSR count). The number of amides is 1. The number of carbonyl (C=O) groups excluding carboxylic acids is 1. The summed E-state index contributed by atoms with van der Waals surface area (Å²) in [7, 11) is 0. The van der Waals surface area contributed by atoms with E-state index >= 15 is 0 Å². The van der Waals surface area contributed by atoms with Crippen molar-refractivity contribution in [3.05, 3.63) is 78.3 Å². The van der Waals surface area contributed by atoms with Crippen molar-refractivity contribution in [3.8, 4) is 6.07 Å². The molecule has 0 aliphatic rings. The molecule has 0 fully saturated rings. The van der Waals surface area contributed by atoms with E-state index < -0.39 is 0 Å². The fourth-order valence-corrected chi connectivity index (χ4v) is 2.78. The number of pyridine rings is 2. The fraction of sp³-hybridized carbons (Fsp3) is 0.280. The second-order valence-electron chi connectivity index (χ2n) is 6.76. The molecule has 0 aliphatic heterocycles. The van der Waals surface area contributed by atoms with Crippen LogP contribution in [0.3, 0.4) is 0 Å². The minimum Gasteiger partial charge on any atom is -0.370 e. The van der Waals surface area contributed by atoms with Crippen molar-refractivity contribution in [1.29, 1.82) is 5.26 Å². The van der Waals surface area contributed by atoms with E-state index in [9.17, 15) is 4.79 Å². The second-order valence-corrected chi connectivity index (χ2v) is 6.76. The van der Waals surface area contributed by atoms with Gasteiger partial charge in [0.15, 0.2) is 0 Å². The molecule has 32 heavy (non-hydrogen) atoms. The number of benzene rings is 1. The van der Waals surface area contributed by atoms with Gasteiger partial charge in [0.1, 0.15) is 11.9 Å². The molecule has 1 aromatic carbocycles. The lowest BCUT2D eigenvalue weighted by molar-refractivity contribution is -0.117. The molecule has 2 aromatic heterocycles. The van der Waals surface area contributed by atoms with Gasteiger partial charge in [0.25, 0.3) is 0 Å². The number of aromatic nitrogens is 2. The molecule has 0 aliphatic carbocycles. The first-order chi connectivity index (χ1) is 15.4. The van der Waals surface area contributed by atoms with Gasteiger partial charge in [-0.25, -0.2) is 4.98 Å². The quantitative estimate of drug-likeness (QED) is 0.499. The second kappa shape index (κ2) is 14.3. The summed E-state index contributed by atoms with van der Waals surface area (Å²) in [6.07, 6.45) is 3.66. The van der Waals surface area contributed by atoms with Gasteiger partial charge in [-0.3, -0.25) is 9.78 Å². The van der Waals surface area contributed by atoms with Crippen LogP contribution in [0.2, 0.25) is 0 Å². The Labute approximate surface area is 190 Å². The van der Waals surface area contributed by atoms with Crippen LogP contribution >= 0.6 is 0 Å². The molecule has 7 heteroatoms. The van der Waals surface area contributed by atoms with Gasteiger partial charge in [0.2, 0.25) is 5.91 Å². The molecular weight excluding hydrogens is 400 g/mol. The molecule has 2 heterocycles. The summed E-state index contributed by atoms with van der Waals surface area (Å²) in [5.41, 5.74) is 8.67. The minimum absolute atomic E-state index is 0.164. The van der Waals surface area contributed by atoms with Gasteiger partial charge in [-0.15, -0.1) is 0 Å². The summed E-state index contributed by atoms with van der Waals surface area (Å²) in [5, 5.41) is 15.9. The molecular formula is C25H32N6O. The molecule has 7 nitrogen and oxygen atoms in total. The first-order valence-corrected chi connectivity index (χ1v) is 10.5. The predicted octanol–water partition coefficient (Wildman–Crippen LogP) is 4.69. The number of nitrogens with two attached hydrogens (primary N) is 1. The molecule has 0 radical (unpaired) electrons. The van der Waals surface area contributed by atoms with Crippen LogP contribution in [0.25, 0.3) is 10.9 Å². The van der Waals surface area contributed by atoms with Crippen molar-refractivity contribution in [1.82, 2.24) is 15.3 Å². The van der Waals surface area contributed by atoms with Crippen molar-refractivity contribution in [2.75, 3.05) is 11.9 Å². The van der Waals surface area contributed by atoms with Gasteiger partial charge in [-0.05, 0) is 43.7 Å². The summed E-state index contributed by atoms with van der Waals surface area (Å²) < 4.78 is 0. The van der Waals surface area contributed by atoms with Crippen LogP contribution in [-0.4, -0.2) is 22.4 Å². The number of allylic oxidation sites excluding steroid dienone is 1. The molecule has 4 N–H and O–H groups in total. The Morgan fingerprint density at radius 2 is 1.94 bits per heavy atom. The number of fused-ring (bicyclic) bond motifs is 1. The summed E-state index contributed by atoms with van der Waals surface area (Å²) in [6.45, 7) is 12.2. The van der Waals surface area contributed by atoms with Gasteiger partial charge in [0, 0.05) is 42.5 Å². The number of nitrogens with one attached hydrogen (secondary N) is 2. The fourth-order valence-electron chi connectivity index (χ4n) is 2.78. The van der Waals surface area contributed by atoms with E-state index in [0.717, 1.165) is 16.6 Å². The zero-order chi connectivity index (χ0) is 23.9. The molecule has 0 bridgehead atoms. The van der Waals surface area contributed by atoms with Crippen LogP contribution < -0.4 is 16.4 Å². The molecule has 168 valence electrons. The Morgan fingerprint density at radius 3 is 2.53 bits per heavy atom. The SMILES string of the molecule is C=C(C)Nc1ccc(C#N)cn1.CC.CC(NCCC(N)=O)c1cccc2ncccc12. The zero-order valence-electron chi connectivity index (χ0n) is 19.2. The lowest BCUT2D eigenvalue weighted by Crippen LogP contribution is -2.24. The monoisotopic (exact) mass is 432 g/mol. The average Bonchev–Trinajstić information content (AvgIpc) is 2.80. The van der Waals surface area contributed by atoms with E-state index in [4.69, 9.17) is 11.0 Å². The highest BCUT2D eigenvalue weighted by molar-refractivity contribution is 5.82. The van der Waals surface area contributed by atoms with Crippen molar-refractivity contribution < 1.29 is 4.79 Å². The minimum atomic E-state index is -0.283. The number of rotatable bonds is 7. The Bertz CT molecular complexity index is 1030. The predicted molar refractivity (Wildman–Crippen MR) is 131 cm³/mol. The molecule has 0 saturated carbocycles. The van der Waals surface area contributed by atoms with E-state index in [1.165, 1.54) is 11.8 Å². The topological polar surface area (TPSA) is 117 Å². The first-order valence-electron chi connectivity index (χ1n) is 10.5. The molecule has 0 spiro atoms. The summed E-state index contributed by atoms with van der Waals surface area (Å²) >= 11 is 0. The summed E-state index contributed by atoms with van der Waals surface area (Å²) in [5.74, 6) is 0.427. The summed E-state index contributed by atoms with van der Waals surface area (Å²) in [6, 6.07) is 15.7. The number of hydrogen-bond acceptors (Lipinski definition) is 6. The number of nitriles is 1. The lowest BCUT2D eigenvalue weighted by Gasteiger charge is -2.15. The van der Waals surface area contributed by atoms with Crippen LogP contribution in [-0.2, 0) is 4.79 Å². The third-order valence-electron chi connectivity index (χ3n) is 4.20. The van der Waals surface area contributed by atoms with E-state index in [0.29, 0.717) is 24.3 Å². The molecule has 1 unspecified atom stereocenters. The Hall–Kier alpha value is -3.76. The Balaban J connectivity index is 0.000000318. The highest BCUT2D eigenvalue weighted by Gasteiger charge is 2.09. The molecule has 0 saturated heterocycles. The highest BCUT2D eigenvalue weighted by atomic mass is 16.1. The van der Waals surface area contributed by atoms with E-state index in [2.05, 4.69) is 46.2 Å². The average molecular weight is 433 g/mol. The Morgan fingerprint density at radius 1 is 1.19 bits per heavy atom. The number of anilines is 1. The maximum Gasteiger partial charge on any atom is 0.218 e. The summed E-state index contributed by atoms with van der Waals surface area (Å²) in [4.78, 5) is 19.0. The normalized spacial score (nSPS) is 10.5. The van der Waals surface area contributed by atoms with Gasteiger partial charge < -0.3 is 16.4 Å². The third-order valence-corrected chi connectivity index (χ3v) is 4.20. The first kappa shape index (κ1) is 26.3. The molecule has 1 atom stereocenters. The lowest BCUT2D eigenvalue weighted by atomic mass is 10.0. The van der Waals surface area contributed by atoms with Crippen LogP contribution in [0, 0.1) is 11.3 Å². The Kier molecular flexibility index (Phi) is 11.7. The van der Waals surface area contributed by atoms with Crippen LogP contribution in [0.15, 0.2) is 67.1 Å². The van der Waals surface area contributed by atoms with Crippen molar-refractivity contribution in [2.24, 2.45) is 5.73 Å². The van der Waals surface area contributed by atoms with Crippen LogP contribution in [0.4, 0.5) is 5.82 Å². The third kappa shape index (κ3) is 8.94. The maximum absolute atomic E-state index is 10.7. The standard InChI is InChI=1S/C14H17N3O.C9H9N3.C2H6/c1-10(16-9-7-14(15)18)11-4-2-6-13-12(11)5-3-8-17-13;1-7(2)12-9-4-3-8(5-10)6-11-9;1-2/h2-6,8,10,16H,7,9H2,1H3,(H2,15,18);3-4,6H,1H2,2H3,(H,11,12);1-2H3. The number of primary amides is 1. The van der Waals surface area contributed by atoms with E-state index in [1.807, 2.05) is 45.0 Å². The largest absolute Gasteiger partial charge is 0.370 e. The van der Waals surface area contributed by atoms with Gasteiger partial charge in [-0.2, -0.15) is 5.26 Å². The maximum atomic E-state index is 10.7. The van der Waals surface area contributed by atoms with Gasteiger partial charge in [-0.1, -0.05) is 38.6 Å². The van der Waals surface area contributed by atoms with Crippen molar-refractivity contribution >= 4 is 22.6 Å². The molecule has 1 amide bonds. The van der Waals surface area contributed by atoms with Crippen molar-refractivity contribution in [3.63, 3.8) is 0 Å². The highest BCUT2D eigenvalue weighted by Crippen LogP contribution is 2.22. The van der Waals surface area contributed by atoms with E-state index in [-0.39, 0.29) is 11.9 Å². The van der Waals surface area contributed by atoms with Gasteiger partial charge in [0.05, 0.1) is 11.1 Å². The van der Waals surface area contributed by atoms with Gasteiger partial charge >= 0.3 is 0 Å².